The number of ether oxygens (including phenoxy) is 1. The summed E-state index contributed by atoms with van der Waals surface area (Å²) in [7, 11) is 0. The maximum atomic E-state index is 11.1. The number of amides is 1. The number of carbonyl (C=O) groups is 1. The zero-order valence-corrected chi connectivity index (χ0v) is 7.92. The van der Waals surface area contributed by atoms with Crippen LogP contribution in [0.15, 0.2) is 4.79 Å². The van der Waals surface area contributed by atoms with Gasteiger partial charge in [-0.3, -0.25) is 9.89 Å². The molecule has 0 spiro atoms. The topological polar surface area (TPSA) is 101 Å². The molecule has 0 saturated carbocycles. The molecule has 0 saturated heterocycles. The third-order valence-electron chi connectivity index (χ3n) is 1.92. The predicted molar refractivity (Wildman–Crippen MR) is 50.0 cm³/mol. The predicted octanol–water partition coefficient (Wildman–Crippen LogP) is -0.0968. The lowest BCUT2D eigenvalue weighted by Gasteiger charge is -2.00. The highest BCUT2D eigenvalue weighted by molar-refractivity contribution is 5.64. The Morgan fingerprint density at radius 2 is 2.21 bits per heavy atom. The van der Waals surface area contributed by atoms with E-state index >= 15 is 0 Å². The third-order valence-corrected chi connectivity index (χ3v) is 1.92. The van der Waals surface area contributed by atoms with Crippen molar-refractivity contribution in [2.75, 3.05) is 6.61 Å². The Morgan fingerprint density at radius 1 is 1.50 bits per heavy atom. The van der Waals surface area contributed by atoms with Crippen LogP contribution in [0, 0.1) is 0 Å². The van der Waals surface area contributed by atoms with E-state index in [4.69, 9.17) is 5.73 Å². The summed E-state index contributed by atoms with van der Waals surface area (Å²) in [5.41, 5.74) is 6.12. The van der Waals surface area contributed by atoms with Crippen LogP contribution in [0.2, 0.25) is 0 Å². The fraction of sp³-hybridized carbons (Fsp3) is 0.500. The minimum atomic E-state index is -0.805. The quantitative estimate of drug-likeness (QED) is 0.631. The molecule has 6 heteroatoms. The molecular weight excluding hydrogens is 186 g/mol. The Bertz CT molecular complexity index is 366. The fourth-order valence-electron chi connectivity index (χ4n) is 1.26. The molecule has 0 atom stereocenters. The standard InChI is InChI=1S/C8H13N3O3/c1-2-5-6(10-11-7(5)12)3-4-14-8(9)13/h2-4H2,1H3,(H2,9,13)(H2,10,11,12). The molecule has 0 aromatic carbocycles. The zero-order valence-electron chi connectivity index (χ0n) is 7.92. The summed E-state index contributed by atoms with van der Waals surface area (Å²) in [6.45, 7) is 2.06. The number of primary amides is 1. The van der Waals surface area contributed by atoms with Gasteiger partial charge in [0.25, 0.3) is 5.56 Å². The molecule has 78 valence electrons. The molecule has 4 N–H and O–H groups in total. The van der Waals surface area contributed by atoms with Gasteiger partial charge in [-0.2, -0.15) is 0 Å². The highest BCUT2D eigenvalue weighted by Gasteiger charge is 2.07. The summed E-state index contributed by atoms with van der Waals surface area (Å²) in [6, 6.07) is 0. The molecule has 0 radical (unpaired) electrons. The summed E-state index contributed by atoms with van der Waals surface area (Å²) in [6.07, 6.45) is 0.302. The highest BCUT2D eigenvalue weighted by atomic mass is 16.5. The van der Waals surface area contributed by atoms with E-state index in [1.165, 1.54) is 0 Å². The van der Waals surface area contributed by atoms with Gasteiger partial charge in [0.05, 0.1) is 6.61 Å². The van der Waals surface area contributed by atoms with E-state index in [2.05, 4.69) is 14.9 Å². The van der Waals surface area contributed by atoms with Crippen molar-refractivity contribution in [3.8, 4) is 0 Å². The number of aromatic amines is 2. The van der Waals surface area contributed by atoms with Gasteiger partial charge in [0.1, 0.15) is 0 Å². The number of hydrogen-bond acceptors (Lipinski definition) is 3. The van der Waals surface area contributed by atoms with Crippen LogP contribution >= 0.6 is 0 Å². The number of rotatable bonds is 4. The third kappa shape index (κ3) is 2.38. The van der Waals surface area contributed by atoms with E-state index < -0.39 is 6.09 Å². The van der Waals surface area contributed by atoms with Crippen molar-refractivity contribution >= 4 is 6.09 Å². The lowest BCUT2D eigenvalue weighted by molar-refractivity contribution is 0.158. The first kappa shape index (κ1) is 10.4. The summed E-state index contributed by atoms with van der Waals surface area (Å²) in [4.78, 5) is 21.4. The molecule has 0 fully saturated rings. The fourth-order valence-corrected chi connectivity index (χ4v) is 1.26. The lowest BCUT2D eigenvalue weighted by Crippen LogP contribution is -2.15. The van der Waals surface area contributed by atoms with Crippen LogP contribution < -0.4 is 11.3 Å². The van der Waals surface area contributed by atoms with Crippen molar-refractivity contribution in [2.24, 2.45) is 5.73 Å². The van der Waals surface area contributed by atoms with Crippen LogP contribution in [-0.4, -0.2) is 22.9 Å². The second-order valence-corrected chi connectivity index (χ2v) is 2.81. The number of H-pyrrole nitrogens is 2. The molecular formula is C8H13N3O3. The Kier molecular flexibility index (Phi) is 3.33. The number of carbonyl (C=O) groups excluding carboxylic acids is 1. The van der Waals surface area contributed by atoms with E-state index in [-0.39, 0.29) is 12.2 Å². The summed E-state index contributed by atoms with van der Waals surface area (Å²) in [5, 5.41) is 5.20. The van der Waals surface area contributed by atoms with Gasteiger partial charge < -0.3 is 15.6 Å². The molecule has 0 bridgehead atoms. The van der Waals surface area contributed by atoms with E-state index in [0.29, 0.717) is 18.4 Å². The van der Waals surface area contributed by atoms with Gasteiger partial charge in [-0.15, -0.1) is 0 Å². The molecule has 14 heavy (non-hydrogen) atoms. The van der Waals surface area contributed by atoms with E-state index in [1.807, 2.05) is 6.92 Å². The van der Waals surface area contributed by atoms with Gasteiger partial charge in [0, 0.05) is 17.7 Å². The van der Waals surface area contributed by atoms with Crippen molar-refractivity contribution in [2.45, 2.75) is 19.8 Å². The van der Waals surface area contributed by atoms with Gasteiger partial charge in [-0.05, 0) is 6.42 Å². The van der Waals surface area contributed by atoms with Crippen LogP contribution in [0.1, 0.15) is 18.2 Å². The molecule has 6 nitrogen and oxygen atoms in total. The molecule has 0 aliphatic heterocycles. The molecule has 1 rings (SSSR count). The van der Waals surface area contributed by atoms with Crippen LogP contribution in [0.5, 0.6) is 0 Å². The van der Waals surface area contributed by atoms with Gasteiger partial charge in [0.2, 0.25) is 0 Å². The SMILES string of the molecule is CCc1c(CCOC(N)=O)[nH][nH]c1=O. The van der Waals surface area contributed by atoms with E-state index in [9.17, 15) is 9.59 Å². The van der Waals surface area contributed by atoms with Crippen LogP contribution in [0.3, 0.4) is 0 Å². The van der Waals surface area contributed by atoms with Crippen LogP contribution in [-0.2, 0) is 17.6 Å². The lowest BCUT2D eigenvalue weighted by atomic mass is 10.1. The van der Waals surface area contributed by atoms with Gasteiger partial charge in [-0.1, -0.05) is 6.92 Å². The van der Waals surface area contributed by atoms with Crippen LogP contribution in [0.25, 0.3) is 0 Å². The highest BCUT2D eigenvalue weighted by Crippen LogP contribution is 2.01. The van der Waals surface area contributed by atoms with Crippen molar-refractivity contribution < 1.29 is 9.53 Å². The van der Waals surface area contributed by atoms with Crippen molar-refractivity contribution in [1.82, 2.24) is 10.2 Å². The summed E-state index contributed by atoms with van der Waals surface area (Å²) >= 11 is 0. The summed E-state index contributed by atoms with van der Waals surface area (Å²) in [5.74, 6) is 0. The summed E-state index contributed by atoms with van der Waals surface area (Å²) < 4.78 is 4.56. The van der Waals surface area contributed by atoms with Gasteiger partial charge in [-0.25, -0.2) is 4.79 Å². The van der Waals surface area contributed by atoms with Crippen molar-refractivity contribution in [1.29, 1.82) is 0 Å². The maximum Gasteiger partial charge on any atom is 0.404 e. The van der Waals surface area contributed by atoms with Gasteiger partial charge in [0.15, 0.2) is 0 Å². The first-order valence-corrected chi connectivity index (χ1v) is 4.35. The van der Waals surface area contributed by atoms with Crippen molar-refractivity contribution in [3.63, 3.8) is 0 Å². The maximum absolute atomic E-state index is 11.1. The van der Waals surface area contributed by atoms with E-state index in [1.54, 1.807) is 0 Å². The Labute approximate surface area is 80.4 Å². The average molecular weight is 199 g/mol. The first-order chi connectivity index (χ1) is 6.65. The average Bonchev–Trinajstić information content (AvgIpc) is 2.46. The second kappa shape index (κ2) is 4.50. The van der Waals surface area contributed by atoms with Gasteiger partial charge >= 0.3 is 6.09 Å². The normalized spacial score (nSPS) is 10.1. The molecule has 1 amide bonds. The monoisotopic (exact) mass is 199 g/mol. The number of aromatic nitrogens is 2. The number of nitrogens with two attached hydrogens (primary N) is 1. The Hall–Kier alpha value is -1.72. The molecule has 0 aliphatic rings. The molecule has 0 aliphatic carbocycles. The minimum Gasteiger partial charge on any atom is -0.449 e. The molecule has 1 aromatic heterocycles. The molecule has 0 unspecified atom stereocenters. The smallest absolute Gasteiger partial charge is 0.404 e. The number of hydrogen-bond donors (Lipinski definition) is 3. The Morgan fingerprint density at radius 3 is 2.79 bits per heavy atom. The van der Waals surface area contributed by atoms with Crippen LogP contribution in [0.4, 0.5) is 4.79 Å². The Balaban J connectivity index is 2.58. The number of nitrogens with one attached hydrogen (secondary N) is 2. The molecule has 1 heterocycles. The zero-order chi connectivity index (χ0) is 10.6. The second-order valence-electron chi connectivity index (χ2n) is 2.81. The molecule has 1 aromatic rings. The van der Waals surface area contributed by atoms with E-state index in [0.717, 1.165) is 5.69 Å². The first-order valence-electron chi connectivity index (χ1n) is 4.35. The van der Waals surface area contributed by atoms with Crippen molar-refractivity contribution in [3.05, 3.63) is 21.6 Å². The largest absolute Gasteiger partial charge is 0.449 e. The minimum absolute atomic E-state index is 0.124.